The minimum atomic E-state index is -1.51. The molecule has 4 aliphatic rings. The van der Waals surface area contributed by atoms with Gasteiger partial charge in [0.2, 0.25) is 11.8 Å². The predicted octanol–water partition coefficient (Wildman–Crippen LogP) is 3.77. The number of amides is 2. The molecule has 0 heterocycles. The van der Waals surface area contributed by atoms with E-state index in [0.29, 0.717) is 45.6 Å². The molecule has 44 heavy (non-hydrogen) atoms. The minimum Gasteiger partial charge on any atom is -0.381 e. The molecule has 1 unspecified atom stereocenters. The van der Waals surface area contributed by atoms with Crippen molar-refractivity contribution in [1.82, 2.24) is 10.6 Å². The number of hydrogen-bond acceptors (Lipinski definition) is 7. The van der Waals surface area contributed by atoms with Gasteiger partial charge in [-0.15, -0.1) is 0 Å². The van der Waals surface area contributed by atoms with E-state index < -0.39 is 11.0 Å². The van der Waals surface area contributed by atoms with Gasteiger partial charge in [0.25, 0.3) is 0 Å². The van der Waals surface area contributed by atoms with E-state index in [1.54, 1.807) is 12.2 Å². The summed E-state index contributed by atoms with van der Waals surface area (Å²) in [7, 11) is 0. The zero-order valence-electron chi connectivity index (χ0n) is 26.4. The number of nitrogens with one attached hydrogen (secondary N) is 2. The van der Waals surface area contributed by atoms with Crippen molar-refractivity contribution < 1.29 is 33.8 Å². The number of carbonyl (C=O) groups is 4. The summed E-state index contributed by atoms with van der Waals surface area (Å²) < 4.78 is 12.4. The maximum absolute atomic E-state index is 13.7. The van der Waals surface area contributed by atoms with Crippen LogP contribution >= 0.6 is 0 Å². The molecule has 0 bridgehead atoms. The lowest BCUT2D eigenvalue weighted by atomic mass is 9.46. The Bertz CT molecular complexity index is 1190. The Balaban J connectivity index is 1.45. The Hall–Kier alpha value is -2.88. The van der Waals surface area contributed by atoms with Gasteiger partial charge < -0.3 is 25.2 Å². The van der Waals surface area contributed by atoms with Crippen LogP contribution in [-0.2, 0) is 28.7 Å². The standard InChI is InChI=1S/C35H50N2O7/c1-5-30(40)36-17-7-9-19-43-23-29(39)35(42)16-14-27-26-12-11-24-21-25(38)13-15-33(24,3)32(26)28(22-34(27,35)4)44-20-10-8-18-37-31(41)6-2/h5-6,13,15,21,26-28,32,42H,1-2,7-12,14,16-20,22-23H2,3-4H3,(H,36,40)(H,37,41)/t26-,27-,28?,32+,33-,34-,35-/m0/s1. The number of fused-ring (bicyclic) bond motifs is 5. The predicted molar refractivity (Wildman–Crippen MR) is 167 cm³/mol. The highest BCUT2D eigenvalue weighted by molar-refractivity contribution is 6.01. The average Bonchev–Trinajstić information content (AvgIpc) is 3.28. The van der Waals surface area contributed by atoms with Crippen LogP contribution in [0.2, 0.25) is 0 Å². The van der Waals surface area contributed by atoms with Crippen molar-refractivity contribution in [1.29, 1.82) is 0 Å². The molecule has 3 saturated carbocycles. The van der Waals surface area contributed by atoms with Gasteiger partial charge in [-0.05, 0) is 93.9 Å². The van der Waals surface area contributed by atoms with Crippen molar-refractivity contribution in [2.45, 2.75) is 83.3 Å². The quantitative estimate of drug-likeness (QED) is 0.179. The Labute approximate surface area is 261 Å². The van der Waals surface area contributed by atoms with Crippen molar-refractivity contribution >= 4 is 23.4 Å². The summed E-state index contributed by atoms with van der Waals surface area (Å²) in [5.74, 6) is -0.151. The van der Waals surface area contributed by atoms with Crippen molar-refractivity contribution in [2.24, 2.45) is 28.6 Å². The second-order valence-electron chi connectivity index (χ2n) is 13.3. The molecule has 2 amide bonds. The third-order valence-corrected chi connectivity index (χ3v) is 10.9. The van der Waals surface area contributed by atoms with Gasteiger partial charge in [0.1, 0.15) is 12.2 Å². The Morgan fingerprint density at radius 1 is 1.02 bits per heavy atom. The van der Waals surface area contributed by atoms with Crippen molar-refractivity contribution in [3.8, 4) is 0 Å². The Kier molecular flexibility index (Phi) is 11.2. The summed E-state index contributed by atoms with van der Waals surface area (Å²) in [6, 6.07) is 0. The monoisotopic (exact) mass is 610 g/mol. The van der Waals surface area contributed by atoms with E-state index in [1.165, 1.54) is 12.2 Å². The summed E-state index contributed by atoms with van der Waals surface area (Å²) in [5, 5.41) is 17.7. The molecule has 242 valence electrons. The second-order valence-corrected chi connectivity index (χ2v) is 13.3. The molecule has 4 rings (SSSR count). The molecular weight excluding hydrogens is 560 g/mol. The smallest absolute Gasteiger partial charge is 0.243 e. The lowest BCUT2D eigenvalue weighted by Gasteiger charge is -2.60. The summed E-state index contributed by atoms with van der Waals surface area (Å²) in [5.41, 5.74) is -1.35. The van der Waals surface area contributed by atoms with Crippen LogP contribution in [0.1, 0.15) is 71.6 Å². The molecule has 4 aliphatic carbocycles. The summed E-state index contributed by atoms with van der Waals surface area (Å²) in [6.07, 6.45) is 14.2. The average molecular weight is 611 g/mol. The minimum absolute atomic E-state index is 0.0259. The first-order valence-electron chi connectivity index (χ1n) is 16.2. The summed E-state index contributed by atoms with van der Waals surface area (Å²) in [4.78, 5) is 48.7. The highest BCUT2D eigenvalue weighted by Gasteiger charge is 2.68. The third-order valence-electron chi connectivity index (χ3n) is 10.9. The number of carbonyl (C=O) groups excluding carboxylic acids is 4. The molecular formula is C35H50N2O7. The second kappa shape index (κ2) is 14.5. The Morgan fingerprint density at radius 2 is 1.68 bits per heavy atom. The van der Waals surface area contributed by atoms with Crippen LogP contribution in [0.5, 0.6) is 0 Å². The van der Waals surface area contributed by atoms with E-state index in [1.807, 2.05) is 0 Å². The molecule has 0 aromatic heterocycles. The first kappa shape index (κ1) is 34.0. The van der Waals surface area contributed by atoms with Crippen LogP contribution in [-0.4, -0.2) is 73.1 Å². The van der Waals surface area contributed by atoms with Crippen LogP contribution in [0, 0.1) is 28.6 Å². The highest BCUT2D eigenvalue weighted by Crippen LogP contribution is 2.67. The molecule has 3 N–H and O–H groups in total. The van der Waals surface area contributed by atoms with Gasteiger partial charge in [-0.2, -0.15) is 0 Å². The molecule has 9 heteroatoms. The number of unbranched alkanes of at least 4 members (excludes halogenated alkanes) is 2. The molecule has 3 fully saturated rings. The number of ether oxygens (including phenoxy) is 2. The molecule has 0 aromatic rings. The van der Waals surface area contributed by atoms with E-state index >= 15 is 0 Å². The first-order valence-corrected chi connectivity index (χ1v) is 16.2. The first-order chi connectivity index (χ1) is 21.0. The SMILES string of the molecule is C=CC(=O)NCCCCOCC(=O)[C@@]1(O)CC[C@H]2[C@@H]3CCC4=CC(=O)C=C[C@]4(C)[C@H]3C(OCCCCNC(=O)C=C)C[C@@]21C. The van der Waals surface area contributed by atoms with Crippen LogP contribution < -0.4 is 10.6 Å². The topological polar surface area (TPSA) is 131 Å². The van der Waals surface area contributed by atoms with Crippen LogP contribution in [0.15, 0.2) is 49.1 Å². The van der Waals surface area contributed by atoms with E-state index in [2.05, 4.69) is 43.7 Å². The van der Waals surface area contributed by atoms with Crippen molar-refractivity contribution in [3.05, 3.63) is 49.1 Å². The lowest BCUT2D eigenvalue weighted by Crippen LogP contribution is -2.62. The third kappa shape index (κ3) is 6.85. The molecule has 0 saturated heterocycles. The van der Waals surface area contributed by atoms with Crippen LogP contribution in [0.4, 0.5) is 0 Å². The van der Waals surface area contributed by atoms with E-state index in [9.17, 15) is 24.3 Å². The highest BCUT2D eigenvalue weighted by atomic mass is 16.5. The van der Waals surface area contributed by atoms with Crippen LogP contribution in [0.25, 0.3) is 0 Å². The normalized spacial score (nSPS) is 33.8. The van der Waals surface area contributed by atoms with Gasteiger partial charge in [0.15, 0.2) is 11.6 Å². The molecule has 9 nitrogen and oxygen atoms in total. The van der Waals surface area contributed by atoms with E-state index in [0.717, 1.165) is 44.1 Å². The zero-order valence-corrected chi connectivity index (χ0v) is 26.4. The maximum atomic E-state index is 13.7. The van der Waals surface area contributed by atoms with Crippen molar-refractivity contribution in [3.63, 3.8) is 0 Å². The number of ketones is 2. The van der Waals surface area contributed by atoms with Crippen molar-refractivity contribution in [2.75, 3.05) is 32.9 Å². The Morgan fingerprint density at radius 3 is 2.34 bits per heavy atom. The largest absolute Gasteiger partial charge is 0.381 e. The van der Waals surface area contributed by atoms with Gasteiger partial charge in [-0.3, -0.25) is 19.2 Å². The van der Waals surface area contributed by atoms with Gasteiger partial charge in [0, 0.05) is 43.1 Å². The zero-order chi connectivity index (χ0) is 32.0. The van der Waals surface area contributed by atoms with Gasteiger partial charge in [0.05, 0.1) is 6.10 Å². The van der Waals surface area contributed by atoms with E-state index in [4.69, 9.17) is 9.47 Å². The summed E-state index contributed by atoms with van der Waals surface area (Å²) >= 11 is 0. The molecule has 0 aromatic carbocycles. The number of Topliss-reactive ketones (excluding diaryl/α,β-unsaturated/α-hetero) is 1. The summed E-state index contributed by atoms with van der Waals surface area (Å²) in [6.45, 7) is 13.0. The van der Waals surface area contributed by atoms with Gasteiger partial charge >= 0.3 is 0 Å². The number of rotatable bonds is 16. The maximum Gasteiger partial charge on any atom is 0.243 e. The van der Waals surface area contributed by atoms with E-state index in [-0.39, 0.29) is 59.3 Å². The molecule has 0 radical (unpaired) electrons. The molecule has 0 spiro atoms. The fourth-order valence-electron chi connectivity index (χ4n) is 8.55. The number of hydrogen-bond donors (Lipinski definition) is 3. The fourth-order valence-corrected chi connectivity index (χ4v) is 8.55. The van der Waals surface area contributed by atoms with Gasteiger partial charge in [-0.25, -0.2) is 0 Å². The number of aliphatic hydroxyl groups is 1. The molecule has 0 aliphatic heterocycles. The fraction of sp³-hybridized carbons (Fsp3) is 0.657. The lowest BCUT2D eigenvalue weighted by molar-refractivity contribution is -0.187. The number of allylic oxidation sites excluding steroid dienone is 4. The van der Waals surface area contributed by atoms with Crippen LogP contribution in [0.3, 0.4) is 0 Å². The van der Waals surface area contributed by atoms with Gasteiger partial charge in [-0.1, -0.05) is 38.7 Å². The molecule has 7 atom stereocenters.